The van der Waals surface area contributed by atoms with E-state index in [4.69, 9.17) is 14.9 Å². The lowest BCUT2D eigenvalue weighted by atomic mass is 9.96. The van der Waals surface area contributed by atoms with E-state index in [0.29, 0.717) is 42.2 Å². The van der Waals surface area contributed by atoms with Crippen molar-refractivity contribution in [2.24, 2.45) is 5.92 Å². The van der Waals surface area contributed by atoms with Gasteiger partial charge in [-0.25, -0.2) is 0 Å². The SMILES string of the molecule is CC(C)CCOc1ccc(CCC(=O)O)cc1-c1cc(CCC(=O)O)ccc1O. The minimum Gasteiger partial charge on any atom is -0.507 e. The standard InChI is InChI=1S/C23H28O6/c1-15(2)11-12-29-21-8-4-17(6-10-23(27)28)14-19(21)18-13-16(3-7-20(18)24)5-9-22(25)26/h3-4,7-8,13-15,24H,5-6,9-12H2,1-2H3,(H,25,26)(H,27,28). The smallest absolute Gasteiger partial charge is 0.303 e. The zero-order valence-corrected chi connectivity index (χ0v) is 16.9. The van der Waals surface area contributed by atoms with Crippen molar-refractivity contribution < 1.29 is 29.6 Å². The van der Waals surface area contributed by atoms with Crippen LogP contribution in [-0.2, 0) is 22.4 Å². The summed E-state index contributed by atoms with van der Waals surface area (Å²) in [6.45, 7) is 4.74. The third kappa shape index (κ3) is 7.14. The summed E-state index contributed by atoms with van der Waals surface area (Å²) in [4.78, 5) is 21.8. The number of phenolic OH excluding ortho intramolecular Hbond substituents is 1. The zero-order valence-electron chi connectivity index (χ0n) is 16.9. The molecule has 0 aromatic heterocycles. The molecule has 0 saturated carbocycles. The van der Waals surface area contributed by atoms with Gasteiger partial charge in [-0.3, -0.25) is 9.59 Å². The lowest BCUT2D eigenvalue weighted by molar-refractivity contribution is -0.138. The van der Waals surface area contributed by atoms with Gasteiger partial charge >= 0.3 is 11.9 Å². The van der Waals surface area contributed by atoms with Crippen molar-refractivity contribution in [3.8, 4) is 22.6 Å². The van der Waals surface area contributed by atoms with Gasteiger partial charge in [0.1, 0.15) is 11.5 Å². The summed E-state index contributed by atoms with van der Waals surface area (Å²) in [6.07, 6.45) is 1.61. The molecule has 6 heteroatoms. The number of carboxylic acids is 2. The van der Waals surface area contributed by atoms with Crippen molar-refractivity contribution in [2.45, 2.75) is 46.0 Å². The summed E-state index contributed by atoms with van der Waals surface area (Å²) in [5.41, 5.74) is 2.84. The molecule has 0 aliphatic rings. The molecule has 0 fully saturated rings. The number of aromatic hydroxyl groups is 1. The lowest BCUT2D eigenvalue weighted by Gasteiger charge is -2.16. The van der Waals surface area contributed by atoms with Gasteiger partial charge in [-0.05, 0) is 60.6 Å². The molecule has 0 saturated heterocycles. The Morgan fingerprint density at radius 1 is 0.897 bits per heavy atom. The molecule has 29 heavy (non-hydrogen) atoms. The van der Waals surface area contributed by atoms with Crippen LogP contribution in [0.15, 0.2) is 36.4 Å². The molecule has 156 valence electrons. The van der Waals surface area contributed by atoms with Crippen molar-refractivity contribution in [2.75, 3.05) is 6.61 Å². The summed E-state index contributed by atoms with van der Waals surface area (Å²) < 4.78 is 5.95. The predicted octanol–water partition coefficient (Wildman–Crippen LogP) is 4.52. The molecule has 0 aliphatic carbocycles. The molecule has 0 heterocycles. The van der Waals surface area contributed by atoms with Gasteiger partial charge in [-0.15, -0.1) is 0 Å². The molecule has 0 bridgehead atoms. The van der Waals surface area contributed by atoms with E-state index in [-0.39, 0.29) is 18.6 Å². The third-order valence-corrected chi connectivity index (χ3v) is 4.60. The van der Waals surface area contributed by atoms with E-state index >= 15 is 0 Å². The maximum atomic E-state index is 10.9. The van der Waals surface area contributed by atoms with Crippen LogP contribution in [0.2, 0.25) is 0 Å². The summed E-state index contributed by atoms with van der Waals surface area (Å²) in [6, 6.07) is 10.5. The molecule has 0 aliphatic heterocycles. The first-order chi connectivity index (χ1) is 13.8. The Morgan fingerprint density at radius 2 is 1.45 bits per heavy atom. The summed E-state index contributed by atoms with van der Waals surface area (Å²) in [5.74, 6) is -0.597. The van der Waals surface area contributed by atoms with Crippen LogP contribution in [0.5, 0.6) is 11.5 Å². The predicted molar refractivity (Wildman–Crippen MR) is 110 cm³/mol. The van der Waals surface area contributed by atoms with Gasteiger partial charge in [0.2, 0.25) is 0 Å². The van der Waals surface area contributed by atoms with Gasteiger partial charge in [-0.2, -0.15) is 0 Å². The molecule has 2 aromatic carbocycles. The quantitative estimate of drug-likeness (QED) is 0.512. The molecule has 0 spiro atoms. The highest BCUT2D eigenvalue weighted by Gasteiger charge is 2.14. The number of ether oxygens (including phenoxy) is 1. The van der Waals surface area contributed by atoms with Gasteiger partial charge < -0.3 is 20.1 Å². The van der Waals surface area contributed by atoms with Gasteiger partial charge in [-0.1, -0.05) is 26.0 Å². The van der Waals surface area contributed by atoms with E-state index in [1.807, 2.05) is 12.1 Å². The Morgan fingerprint density at radius 3 is 2.00 bits per heavy atom. The van der Waals surface area contributed by atoms with Crippen molar-refractivity contribution in [1.29, 1.82) is 0 Å². The monoisotopic (exact) mass is 400 g/mol. The summed E-state index contributed by atoms with van der Waals surface area (Å²) in [7, 11) is 0. The van der Waals surface area contributed by atoms with E-state index in [1.165, 1.54) is 0 Å². The van der Waals surface area contributed by atoms with Crippen molar-refractivity contribution in [3.05, 3.63) is 47.5 Å². The number of hydrogen-bond acceptors (Lipinski definition) is 4. The third-order valence-electron chi connectivity index (χ3n) is 4.60. The number of rotatable bonds is 11. The maximum Gasteiger partial charge on any atom is 0.303 e. The second-order valence-corrected chi connectivity index (χ2v) is 7.50. The molecule has 3 N–H and O–H groups in total. The first kappa shape index (κ1) is 22.3. The van der Waals surface area contributed by atoms with E-state index in [1.54, 1.807) is 24.3 Å². The Kier molecular flexibility index (Phi) is 8.07. The summed E-state index contributed by atoms with van der Waals surface area (Å²) >= 11 is 0. The van der Waals surface area contributed by atoms with Crippen LogP contribution in [0.3, 0.4) is 0 Å². The Labute approximate surface area is 170 Å². The van der Waals surface area contributed by atoms with Crippen LogP contribution in [0.1, 0.15) is 44.2 Å². The fourth-order valence-electron chi connectivity index (χ4n) is 2.93. The van der Waals surface area contributed by atoms with Crippen LogP contribution >= 0.6 is 0 Å². The highest BCUT2D eigenvalue weighted by Crippen LogP contribution is 2.38. The highest BCUT2D eigenvalue weighted by molar-refractivity contribution is 5.77. The van der Waals surface area contributed by atoms with E-state index in [2.05, 4.69) is 13.8 Å². The van der Waals surface area contributed by atoms with Gasteiger partial charge in [0.15, 0.2) is 0 Å². The van der Waals surface area contributed by atoms with Crippen molar-refractivity contribution in [3.63, 3.8) is 0 Å². The fraction of sp³-hybridized carbons (Fsp3) is 0.391. The maximum absolute atomic E-state index is 10.9. The number of phenols is 1. The number of benzene rings is 2. The molecule has 0 atom stereocenters. The second kappa shape index (κ2) is 10.5. The van der Waals surface area contributed by atoms with Crippen LogP contribution in [0, 0.1) is 5.92 Å². The van der Waals surface area contributed by atoms with Crippen LogP contribution < -0.4 is 4.74 Å². The molecule has 2 aromatic rings. The molecular weight excluding hydrogens is 372 g/mol. The second-order valence-electron chi connectivity index (χ2n) is 7.50. The minimum absolute atomic E-state index is 0.000607. The largest absolute Gasteiger partial charge is 0.507 e. The number of aliphatic carboxylic acids is 2. The first-order valence-electron chi connectivity index (χ1n) is 9.78. The number of hydrogen-bond donors (Lipinski definition) is 3. The molecule has 0 unspecified atom stereocenters. The number of aryl methyl sites for hydroxylation is 2. The Bertz CT molecular complexity index is 856. The van der Waals surface area contributed by atoms with Crippen molar-refractivity contribution in [1.82, 2.24) is 0 Å². The van der Waals surface area contributed by atoms with E-state index in [0.717, 1.165) is 17.5 Å². The molecule has 0 amide bonds. The zero-order chi connectivity index (χ0) is 21.4. The highest BCUT2D eigenvalue weighted by atomic mass is 16.5. The number of carboxylic acid groups (broad SMARTS) is 2. The van der Waals surface area contributed by atoms with E-state index in [9.17, 15) is 14.7 Å². The van der Waals surface area contributed by atoms with Gasteiger partial charge in [0.25, 0.3) is 0 Å². The van der Waals surface area contributed by atoms with Crippen LogP contribution in [0.4, 0.5) is 0 Å². The lowest BCUT2D eigenvalue weighted by Crippen LogP contribution is -2.04. The Hall–Kier alpha value is -3.02. The Balaban J connectivity index is 2.39. The number of carbonyl (C=O) groups is 2. The topological polar surface area (TPSA) is 104 Å². The molecule has 6 nitrogen and oxygen atoms in total. The molecular formula is C23H28O6. The van der Waals surface area contributed by atoms with Gasteiger partial charge in [0, 0.05) is 24.0 Å². The fourth-order valence-corrected chi connectivity index (χ4v) is 2.93. The average molecular weight is 400 g/mol. The summed E-state index contributed by atoms with van der Waals surface area (Å²) in [5, 5.41) is 28.3. The van der Waals surface area contributed by atoms with Crippen molar-refractivity contribution >= 4 is 11.9 Å². The molecule has 0 radical (unpaired) electrons. The van der Waals surface area contributed by atoms with Crippen LogP contribution in [0.25, 0.3) is 11.1 Å². The van der Waals surface area contributed by atoms with E-state index < -0.39 is 11.9 Å². The molecule has 2 rings (SSSR count). The normalized spacial score (nSPS) is 10.9. The van der Waals surface area contributed by atoms with Gasteiger partial charge in [0.05, 0.1) is 6.61 Å². The minimum atomic E-state index is -0.881. The average Bonchev–Trinajstić information content (AvgIpc) is 2.66. The first-order valence-corrected chi connectivity index (χ1v) is 9.78. The van der Waals surface area contributed by atoms with Crippen LogP contribution in [-0.4, -0.2) is 33.9 Å².